The van der Waals surface area contributed by atoms with Crippen molar-refractivity contribution in [2.24, 2.45) is 0 Å². The van der Waals surface area contributed by atoms with Crippen LogP contribution in [0.3, 0.4) is 0 Å². The van der Waals surface area contributed by atoms with Gasteiger partial charge in [0.05, 0.1) is 16.7 Å². The van der Waals surface area contributed by atoms with Crippen LogP contribution in [0.25, 0.3) is 88.0 Å². The Hall–Kier alpha value is -7.46. The first-order valence-corrected chi connectivity index (χ1v) is 16.8. The molecule has 260 valence electrons. The van der Waals surface area contributed by atoms with Crippen LogP contribution in [-0.4, -0.2) is 48.7 Å². The van der Waals surface area contributed by atoms with Crippen molar-refractivity contribution in [2.45, 2.75) is 0 Å². The smallest absolute Gasteiger partial charge is 0.170 e. The number of furan rings is 1. The van der Waals surface area contributed by atoms with Crippen LogP contribution in [0.4, 0.5) is 0 Å². The lowest BCUT2D eigenvalue weighted by molar-refractivity contribution is 0.378. The van der Waals surface area contributed by atoms with Gasteiger partial charge in [-0.1, -0.05) is 97.1 Å². The van der Waals surface area contributed by atoms with Crippen molar-refractivity contribution < 1.29 is 45.3 Å². The minimum atomic E-state index is -0.821. The molecule has 1 heterocycles. The second-order valence-corrected chi connectivity index (χ2v) is 13.0. The van der Waals surface area contributed by atoms with E-state index in [1.165, 1.54) is 0 Å². The van der Waals surface area contributed by atoms with Crippen molar-refractivity contribution in [1.29, 1.82) is 0 Å². The number of hydrogen-bond acceptors (Lipinski definition) is 9. The molecule has 0 fully saturated rings. The van der Waals surface area contributed by atoms with E-state index in [0.717, 1.165) is 0 Å². The molecule has 0 saturated heterocycles. The number of rotatable bonds is 4. The molecule has 9 aromatic rings. The average Bonchev–Trinajstić information content (AvgIpc) is 3.58. The van der Waals surface area contributed by atoms with Gasteiger partial charge in [0.15, 0.2) is 46.0 Å². The average molecular weight is 711 g/mol. The molecule has 8 N–H and O–H groups in total. The lowest BCUT2D eigenvalue weighted by atomic mass is 9.80. The Morgan fingerprint density at radius 1 is 0.333 bits per heavy atom. The fourth-order valence-corrected chi connectivity index (χ4v) is 7.74. The number of hydrogen-bond donors (Lipinski definition) is 8. The van der Waals surface area contributed by atoms with E-state index in [1.54, 1.807) is 84.9 Å². The van der Waals surface area contributed by atoms with E-state index in [4.69, 9.17) is 12.3 Å². The summed E-state index contributed by atoms with van der Waals surface area (Å²) in [5.74, 6) is -5.74. The predicted octanol–water partition coefficient (Wildman–Crippen LogP) is 9.00. The molecule has 8 aromatic carbocycles. The third-order valence-electron chi connectivity index (χ3n) is 10.1. The quantitative estimate of drug-likeness (QED) is 0.0384. The van der Waals surface area contributed by atoms with Crippen LogP contribution < -0.4 is 5.46 Å². The zero-order chi connectivity index (χ0) is 37.6. The molecule has 0 spiro atoms. The number of para-hydroxylation sites is 1. The topological polar surface area (TPSA) is 175 Å². The van der Waals surface area contributed by atoms with Crippen LogP contribution in [0.1, 0.15) is 0 Å². The van der Waals surface area contributed by atoms with E-state index in [2.05, 4.69) is 0 Å². The summed E-state index contributed by atoms with van der Waals surface area (Å²) in [4.78, 5) is 0. The molecule has 9 rings (SSSR count). The largest absolute Gasteiger partial charge is 0.505 e. The monoisotopic (exact) mass is 710 g/mol. The molecule has 0 unspecified atom stereocenters. The van der Waals surface area contributed by atoms with Gasteiger partial charge in [0.1, 0.15) is 19.0 Å². The van der Waals surface area contributed by atoms with Crippen LogP contribution in [0, 0.1) is 0 Å². The van der Waals surface area contributed by atoms with E-state index < -0.39 is 51.5 Å². The Bertz CT molecular complexity index is 2930. The molecule has 2 radical (unpaired) electrons. The van der Waals surface area contributed by atoms with Crippen molar-refractivity contribution in [2.75, 3.05) is 0 Å². The molecule has 0 atom stereocenters. The van der Waals surface area contributed by atoms with Gasteiger partial charge in [-0.15, -0.1) is 0 Å². The Morgan fingerprint density at radius 2 is 0.759 bits per heavy atom. The molecule has 1 aromatic heterocycles. The fraction of sp³-hybridized carbons (Fsp3) is 0. The molecule has 0 aliphatic heterocycles. The zero-order valence-corrected chi connectivity index (χ0v) is 28.0. The first kappa shape index (κ1) is 32.5. The summed E-state index contributed by atoms with van der Waals surface area (Å²) >= 11 is 0. The summed E-state index contributed by atoms with van der Waals surface area (Å²) in [5.41, 5.74) is 1.61. The summed E-state index contributed by atoms with van der Waals surface area (Å²) in [7, 11) is 5.83. The van der Waals surface area contributed by atoms with Crippen LogP contribution in [0.15, 0.2) is 120 Å². The van der Waals surface area contributed by atoms with E-state index in [9.17, 15) is 40.9 Å². The van der Waals surface area contributed by atoms with Crippen molar-refractivity contribution in [3.05, 3.63) is 115 Å². The van der Waals surface area contributed by atoms with Crippen molar-refractivity contribution in [3.8, 4) is 90.5 Å². The molecule has 10 heteroatoms. The van der Waals surface area contributed by atoms with E-state index in [1.807, 2.05) is 30.3 Å². The number of phenols is 8. The summed E-state index contributed by atoms with van der Waals surface area (Å²) in [6.07, 6.45) is 0. The van der Waals surface area contributed by atoms with Crippen LogP contribution in [0.5, 0.6) is 46.0 Å². The molecular weight excluding hydrogens is 683 g/mol. The van der Waals surface area contributed by atoms with Gasteiger partial charge in [-0.3, -0.25) is 0 Å². The Morgan fingerprint density at radius 3 is 1.30 bits per heavy atom. The van der Waals surface area contributed by atoms with Gasteiger partial charge >= 0.3 is 0 Å². The SMILES string of the molecule is [B]c1c(O)c(O)c(-c2ccc3oc4ccccc4c3c2-c2c3ccccc3c(-c3c(O)c(O)c(-c4ccccc4)c(O)c3O)c3ccccc23)c(O)c1O. The fourth-order valence-electron chi connectivity index (χ4n) is 7.74. The number of phenolic OH excluding ortho intramolecular Hbond substituents is 8. The normalized spacial score (nSPS) is 11.6. The molecule has 0 saturated carbocycles. The van der Waals surface area contributed by atoms with Crippen molar-refractivity contribution in [3.63, 3.8) is 0 Å². The second kappa shape index (κ2) is 11.8. The van der Waals surface area contributed by atoms with Crippen LogP contribution in [-0.2, 0) is 0 Å². The minimum absolute atomic E-state index is 0.141. The third kappa shape index (κ3) is 4.40. The van der Waals surface area contributed by atoms with E-state index in [-0.39, 0.29) is 22.3 Å². The number of benzene rings is 8. The summed E-state index contributed by atoms with van der Waals surface area (Å²) in [5, 5.41) is 93.9. The number of aromatic hydroxyl groups is 8. The summed E-state index contributed by atoms with van der Waals surface area (Å²) in [6, 6.07) is 33.3. The maximum Gasteiger partial charge on any atom is 0.170 e. The van der Waals surface area contributed by atoms with E-state index in [0.29, 0.717) is 65.7 Å². The molecule has 0 aliphatic rings. The third-order valence-corrected chi connectivity index (χ3v) is 10.1. The first-order chi connectivity index (χ1) is 26.1. The maximum atomic E-state index is 11.7. The molecule has 0 bridgehead atoms. The molecular formula is C44H27BO9. The Labute approximate surface area is 307 Å². The standard InChI is InChI=1S/C44H27BO9/c45-36-43(52)39(48)34(40(49)44(36)53)26-18-19-28-32(25-16-8-9-17-27(25)54-28)33(26)30-21-12-4-6-14-23(21)31(24-15-7-5-13-22(24)30)35-41(50)37(46)29(38(47)42(35)51)20-10-2-1-3-11-20/h1-19,46-53H. The highest BCUT2D eigenvalue weighted by atomic mass is 16.3. The molecule has 9 nitrogen and oxygen atoms in total. The van der Waals surface area contributed by atoms with Gasteiger partial charge in [0.25, 0.3) is 0 Å². The van der Waals surface area contributed by atoms with Gasteiger partial charge < -0.3 is 45.3 Å². The highest BCUT2D eigenvalue weighted by Gasteiger charge is 2.31. The Kier molecular flexibility index (Phi) is 7.09. The zero-order valence-electron chi connectivity index (χ0n) is 28.0. The van der Waals surface area contributed by atoms with Gasteiger partial charge in [-0.25, -0.2) is 0 Å². The van der Waals surface area contributed by atoms with Gasteiger partial charge in [0, 0.05) is 21.9 Å². The molecule has 54 heavy (non-hydrogen) atoms. The molecule has 0 amide bonds. The van der Waals surface area contributed by atoms with Gasteiger partial charge in [0.2, 0.25) is 0 Å². The minimum Gasteiger partial charge on any atom is -0.505 e. The second-order valence-electron chi connectivity index (χ2n) is 13.0. The van der Waals surface area contributed by atoms with Gasteiger partial charge in [-0.2, -0.15) is 0 Å². The highest BCUT2D eigenvalue weighted by molar-refractivity contribution is 6.37. The van der Waals surface area contributed by atoms with Crippen LogP contribution in [0.2, 0.25) is 0 Å². The Balaban J connectivity index is 1.49. The number of fused-ring (bicyclic) bond motifs is 5. The predicted molar refractivity (Wildman–Crippen MR) is 209 cm³/mol. The van der Waals surface area contributed by atoms with Crippen LogP contribution >= 0.6 is 0 Å². The highest BCUT2D eigenvalue weighted by Crippen LogP contribution is 2.59. The first-order valence-electron chi connectivity index (χ1n) is 16.8. The summed E-state index contributed by atoms with van der Waals surface area (Å²) < 4.78 is 6.29. The lowest BCUT2D eigenvalue weighted by Crippen LogP contribution is -2.05. The maximum absolute atomic E-state index is 11.7. The lowest BCUT2D eigenvalue weighted by Gasteiger charge is -2.23. The van der Waals surface area contributed by atoms with E-state index >= 15 is 0 Å². The van der Waals surface area contributed by atoms with Gasteiger partial charge in [-0.05, 0) is 61.9 Å². The molecule has 0 aliphatic carbocycles. The summed E-state index contributed by atoms with van der Waals surface area (Å²) in [6.45, 7) is 0. The van der Waals surface area contributed by atoms with Crippen molar-refractivity contribution >= 4 is 56.8 Å². The van der Waals surface area contributed by atoms with Crippen molar-refractivity contribution in [1.82, 2.24) is 0 Å².